The molecule has 7 heteroatoms. The van der Waals surface area contributed by atoms with Crippen LogP contribution in [-0.4, -0.2) is 45.9 Å². The van der Waals surface area contributed by atoms with Gasteiger partial charge in [-0.05, 0) is 35.7 Å². The lowest BCUT2D eigenvalue weighted by Crippen LogP contribution is -2.47. The first kappa shape index (κ1) is 20.1. The molecule has 0 bridgehead atoms. The van der Waals surface area contributed by atoms with Gasteiger partial charge >= 0.3 is 0 Å². The van der Waals surface area contributed by atoms with E-state index in [4.69, 9.17) is 9.52 Å². The molecule has 2 amide bonds. The molecule has 0 spiro atoms. The highest BCUT2D eigenvalue weighted by Gasteiger charge is 2.34. The van der Waals surface area contributed by atoms with Crippen LogP contribution >= 0.6 is 0 Å². The van der Waals surface area contributed by atoms with Crippen molar-refractivity contribution in [2.24, 2.45) is 5.92 Å². The Labute approximate surface area is 163 Å². The van der Waals surface area contributed by atoms with Crippen LogP contribution in [0.15, 0.2) is 40.8 Å². The second kappa shape index (κ2) is 8.56. The lowest BCUT2D eigenvalue weighted by atomic mass is 10.0. The molecule has 6 nitrogen and oxygen atoms in total. The summed E-state index contributed by atoms with van der Waals surface area (Å²) in [6.07, 6.45) is 0.212. The molecule has 0 saturated carbocycles. The minimum atomic E-state index is -0.316. The summed E-state index contributed by atoms with van der Waals surface area (Å²) in [6, 6.07) is 9.05. The van der Waals surface area contributed by atoms with Gasteiger partial charge in [0.2, 0.25) is 5.91 Å². The third-order valence-corrected chi connectivity index (χ3v) is 5.07. The van der Waals surface area contributed by atoms with Crippen LogP contribution in [0.25, 0.3) is 0 Å². The fraction of sp³-hybridized carbons (Fsp3) is 0.429. The third-order valence-electron chi connectivity index (χ3n) is 5.07. The second-order valence-corrected chi connectivity index (χ2v) is 7.38. The van der Waals surface area contributed by atoms with Gasteiger partial charge in [0.1, 0.15) is 18.2 Å². The SMILES string of the molecule is CC(C)C1CN(C(=O)c2ccc(CO)o2)CCC(=O)N1Cc1ccc(F)cc1. The Bertz CT molecular complexity index is 831. The number of aliphatic hydroxyl groups is 1. The molecule has 1 aromatic heterocycles. The summed E-state index contributed by atoms with van der Waals surface area (Å²) in [5.74, 6) is -0.0274. The van der Waals surface area contributed by atoms with Gasteiger partial charge in [-0.25, -0.2) is 4.39 Å². The number of furan rings is 1. The van der Waals surface area contributed by atoms with E-state index in [2.05, 4.69) is 0 Å². The zero-order chi connectivity index (χ0) is 20.3. The molecular weight excluding hydrogens is 363 g/mol. The monoisotopic (exact) mass is 388 g/mol. The number of benzene rings is 1. The molecule has 2 aromatic rings. The van der Waals surface area contributed by atoms with Gasteiger partial charge in [-0.1, -0.05) is 26.0 Å². The van der Waals surface area contributed by atoms with E-state index >= 15 is 0 Å². The topological polar surface area (TPSA) is 74.0 Å². The number of amides is 2. The van der Waals surface area contributed by atoms with Crippen molar-refractivity contribution in [3.63, 3.8) is 0 Å². The summed E-state index contributed by atoms with van der Waals surface area (Å²) in [4.78, 5) is 29.1. The maximum Gasteiger partial charge on any atom is 0.289 e. The van der Waals surface area contributed by atoms with Gasteiger partial charge in [-0.15, -0.1) is 0 Å². The van der Waals surface area contributed by atoms with E-state index in [1.165, 1.54) is 12.1 Å². The van der Waals surface area contributed by atoms with Crippen molar-refractivity contribution >= 4 is 11.8 Å². The molecule has 150 valence electrons. The predicted octanol–water partition coefficient (Wildman–Crippen LogP) is 2.81. The van der Waals surface area contributed by atoms with Crippen molar-refractivity contribution in [1.29, 1.82) is 0 Å². The quantitative estimate of drug-likeness (QED) is 0.855. The summed E-state index contributed by atoms with van der Waals surface area (Å²) >= 11 is 0. The predicted molar refractivity (Wildman–Crippen MR) is 101 cm³/mol. The minimum Gasteiger partial charge on any atom is -0.453 e. The third kappa shape index (κ3) is 4.42. The van der Waals surface area contributed by atoms with Crippen molar-refractivity contribution in [3.8, 4) is 0 Å². The van der Waals surface area contributed by atoms with E-state index in [1.54, 1.807) is 34.1 Å². The molecule has 1 saturated heterocycles. The molecule has 1 aliphatic heterocycles. The zero-order valence-electron chi connectivity index (χ0n) is 16.1. The first-order valence-electron chi connectivity index (χ1n) is 9.41. The number of carbonyl (C=O) groups excluding carboxylic acids is 2. The van der Waals surface area contributed by atoms with Gasteiger partial charge in [0.05, 0.1) is 6.04 Å². The van der Waals surface area contributed by atoms with Crippen LogP contribution in [0.5, 0.6) is 0 Å². The van der Waals surface area contributed by atoms with E-state index in [-0.39, 0.29) is 48.4 Å². The van der Waals surface area contributed by atoms with Gasteiger partial charge in [-0.3, -0.25) is 9.59 Å². The fourth-order valence-corrected chi connectivity index (χ4v) is 3.46. The Hall–Kier alpha value is -2.67. The molecule has 2 heterocycles. The Balaban J connectivity index is 1.80. The molecule has 0 aliphatic carbocycles. The van der Waals surface area contributed by atoms with Crippen LogP contribution in [0.2, 0.25) is 0 Å². The number of carbonyl (C=O) groups is 2. The lowest BCUT2D eigenvalue weighted by molar-refractivity contribution is -0.134. The standard InChI is InChI=1S/C21H25FN2O4/c1-14(2)18-12-23(21(27)19-8-7-17(13-25)28-19)10-9-20(26)24(18)11-15-3-5-16(22)6-4-15/h3-8,14,18,25H,9-13H2,1-2H3. The largest absolute Gasteiger partial charge is 0.453 e. The van der Waals surface area contributed by atoms with Crippen LogP contribution in [0.4, 0.5) is 4.39 Å². The lowest BCUT2D eigenvalue weighted by Gasteiger charge is -2.34. The maximum atomic E-state index is 13.2. The molecule has 1 aliphatic rings. The molecule has 1 N–H and O–H groups in total. The summed E-state index contributed by atoms with van der Waals surface area (Å²) in [5.41, 5.74) is 0.846. The number of nitrogens with zero attached hydrogens (tertiary/aromatic N) is 2. The normalized spacial score (nSPS) is 17.9. The highest BCUT2D eigenvalue weighted by atomic mass is 19.1. The first-order chi connectivity index (χ1) is 13.4. The van der Waals surface area contributed by atoms with E-state index in [9.17, 15) is 14.0 Å². The van der Waals surface area contributed by atoms with E-state index in [0.29, 0.717) is 25.4 Å². The molecule has 1 aromatic carbocycles. The van der Waals surface area contributed by atoms with Gasteiger partial charge in [0.15, 0.2) is 5.76 Å². The summed E-state index contributed by atoms with van der Waals surface area (Å²) in [6.45, 7) is 4.82. The Morgan fingerprint density at radius 2 is 1.96 bits per heavy atom. The Kier molecular flexibility index (Phi) is 6.14. The van der Waals surface area contributed by atoms with Gasteiger partial charge in [0, 0.05) is 26.1 Å². The van der Waals surface area contributed by atoms with Crippen LogP contribution < -0.4 is 0 Å². The second-order valence-electron chi connectivity index (χ2n) is 7.38. The van der Waals surface area contributed by atoms with Crippen LogP contribution in [-0.2, 0) is 17.9 Å². The molecular formula is C21H25FN2O4. The molecule has 1 unspecified atom stereocenters. The summed E-state index contributed by atoms with van der Waals surface area (Å²) in [5, 5.41) is 9.14. The maximum absolute atomic E-state index is 13.2. The molecule has 1 fully saturated rings. The average Bonchev–Trinajstić information content (AvgIpc) is 3.10. The fourth-order valence-electron chi connectivity index (χ4n) is 3.46. The zero-order valence-corrected chi connectivity index (χ0v) is 16.1. The van der Waals surface area contributed by atoms with E-state index < -0.39 is 0 Å². The molecule has 0 radical (unpaired) electrons. The Morgan fingerprint density at radius 3 is 2.57 bits per heavy atom. The van der Waals surface area contributed by atoms with Crippen molar-refractivity contribution in [2.75, 3.05) is 13.1 Å². The minimum absolute atomic E-state index is 0.0335. The van der Waals surface area contributed by atoms with Gasteiger partial charge in [0.25, 0.3) is 5.91 Å². The highest BCUT2D eigenvalue weighted by Crippen LogP contribution is 2.23. The highest BCUT2D eigenvalue weighted by molar-refractivity contribution is 5.92. The number of halogens is 1. The van der Waals surface area contributed by atoms with Crippen molar-refractivity contribution < 1.29 is 23.5 Å². The molecule has 1 atom stereocenters. The van der Waals surface area contributed by atoms with Gasteiger partial charge in [-0.2, -0.15) is 0 Å². The smallest absolute Gasteiger partial charge is 0.289 e. The van der Waals surface area contributed by atoms with Crippen LogP contribution in [0.3, 0.4) is 0 Å². The number of aliphatic hydroxyl groups excluding tert-OH is 1. The van der Waals surface area contributed by atoms with Crippen LogP contribution in [0, 0.1) is 11.7 Å². The van der Waals surface area contributed by atoms with E-state index in [0.717, 1.165) is 5.56 Å². The average molecular weight is 388 g/mol. The number of hydrogen-bond donors (Lipinski definition) is 1. The number of rotatable bonds is 5. The molecule has 3 rings (SSSR count). The van der Waals surface area contributed by atoms with Crippen molar-refractivity contribution in [2.45, 2.75) is 39.5 Å². The van der Waals surface area contributed by atoms with Crippen molar-refractivity contribution in [1.82, 2.24) is 9.80 Å². The molecule has 28 heavy (non-hydrogen) atoms. The first-order valence-corrected chi connectivity index (χ1v) is 9.41. The Morgan fingerprint density at radius 1 is 1.25 bits per heavy atom. The summed E-state index contributed by atoms with van der Waals surface area (Å²) < 4.78 is 18.6. The van der Waals surface area contributed by atoms with Crippen LogP contribution in [0.1, 0.15) is 42.1 Å². The summed E-state index contributed by atoms with van der Waals surface area (Å²) in [7, 11) is 0. The number of hydrogen-bond acceptors (Lipinski definition) is 4. The van der Waals surface area contributed by atoms with Gasteiger partial charge < -0.3 is 19.3 Å². The van der Waals surface area contributed by atoms with Crippen molar-refractivity contribution in [3.05, 3.63) is 59.3 Å². The van der Waals surface area contributed by atoms with E-state index in [1.807, 2.05) is 13.8 Å².